The lowest BCUT2D eigenvalue weighted by Crippen LogP contribution is -2.41. The molecule has 0 fully saturated rings. The molecule has 0 rings (SSSR count). The minimum Gasteiger partial charge on any atom is -0.409 e. The van der Waals surface area contributed by atoms with Gasteiger partial charge in [-0.05, 0) is 32.3 Å². The van der Waals surface area contributed by atoms with E-state index in [0.29, 0.717) is 0 Å². The fourth-order valence-corrected chi connectivity index (χ4v) is 1.54. The second-order valence-corrected chi connectivity index (χ2v) is 4.42. The number of oxime groups is 1. The summed E-state index contributed by atoms with van der Waals surface area (Å²) in [6.45, 7) is 3.54. The first-order valence-electron chi connectivity index (χ1n) is 4.79. The molecule has 0 aliphatic carbocycles. The van der Waals surface area contributed by atoms with Crippen LogP contribution in [0.4, 0.5) is 0 Å². The average Bonchev–Trinajstić information content (AvgIpc) is 2.23. The maximum atomic E-state index is 11.5. The minimum atomic E-state index is -0.591. The molecule has 2 unspecified atom stereocenters. The highest BCUT2D eigenvalue weighted by Gasteiger charge is 2.18. The van der Waals surface area contributed by atoms with Gasteiger partial charge < -0.3 is 16.3 Å². The number of nitrogens with one attached hydrogen (secondary N) is 1. The van der Waals surface area contributed by atoms with Crippen molar-refractivity contribution >= 4 is 23.5 Å². The molecular weight excluding hydrogens is 214 g/mol. The van der Waals surface area contributed by atoms with Gasteiger partial charge in [0.15, 0.2) is 5.84 Å². The molecule has 0 heterocycles. The van der Waals surface area contributed by atoms with E-state index < -0.39 is 5.92 Å². The predicted molar refractivity (Wildman–Crippen MR) is 63.2 cm³/mol. The number of rotatable bonds is 6. The Kier molecular flexibility index (Phi) is 6.94. The number of nitrogens with two attached hydrogens (primary N) is 1. The van der Waals surface area contributed by atoms with Crippen LogP contribution in [0.3, 0.4) is 0 Å². The molecule has 0 aromatic carbocycles. The second-order valence-electron chi connectivity index (χ2n) is 3.44. The highest BCUT2D eigenvalue weighted by Crippen LogP contribution is 2.02. The minimum absolute atomic E-state index is 0.0652. The van der Waals surface area contributed by atoms with Crippen molar-refractivity contribution in [2.24, 2.45) is 16.8 Å². The summed E-state index contributed by atoms with van der Waals surface area (Å²) in [5.74, 6) is 0.134. The molecule has 2 atom stereocenters. The molecule has 6 heteroatoms. The molecule has 0 spiro atoms. The Labute approximate surface area is 94.5 Å². The van der Waals surface area contributed by atoms with Crippen molar-refractivity contribution in [3.8, 4) is 0 Å². The molecule has 0 bridgehead atoms. The number of nitrogens with zero attached hydrogens (tertiary/aromatic N) is 1. The molecular formula is C9H19N3O2S. The highest BCUT2D eigenvalue weighted by molar-refractivity contribution is 7.98. The van der Waals surface area contributed by atoms with Gasteiger partial charge in [0.25, 0.3) is 0 Å². The van der Waals surface area contributed by atoms with Crippen LogP contribution in [0.25, 0.3) is 0 Å². The molecule has 0 aliphatic heterocycles. The van der Waals surface area contributed by atoms with Crippen molar-refractivity contribution in [1.82, 2.24) is 5.32 Å². The molecule has 0 aromatic heterocycles. The van der Waals surface area contributed by atoms with Crippen LogP contribution >= 0.6 is 11.8 Å². The molecule has 0 aromatic rings. The van der Waals surface area contributed by atoms with Gasteiger partial charge >= 0.3 is 0 Å². The van der Waals surface area contributed by atoms with Crippen LogP contribution in [0.1, 0.15) is 20.3 Å². The number of carbonyl (C=O) groups excluding carboxylic acids is 1. The van der Waals surface area contributed by atoms with Crippen molar-refractivity contribution < 1.29 is 10.0 Å². The van der Waals surface area contributed by atoms with E-state index in [-0.39, 0.29) is 17.8 Å². The van der Waals surface area contributed by atoms with E-state index in [9.17, 15) is 4.79 Å². The van der Waals surface area contributed by atoms with E-state index in [1.165, 1.54) is 0 Å². The predicted octanol–water partition coefficient (Wildman–Crippen LogP) is 0.627. The quantitative estimate of drug-likeness (QED) is 0.272. The first-order valence-corrected chi connectivity index (χ1v) is 6.19. The molecule has 0 saturated heterocycles. The normalized spacial score (nSPS) is 15.8. The fraction of sp³-hybridized carbons (Fsp3) is 0.778. The largest absolute Gasteiger partial charge is 0.409 e. The van der Waals surface area contributed by atoms with E-state index in [1.807, 2.05) is 13.2 Å². The Morgan fingerprint density at radius 2 is 2.20 bits per heavy atom. The zero-order valence-corrected chi connectivity index (χ0v) is 10.2. The summed E-state index contributed by atoms with van der Waals surface area (Å²) in [6.07, 6.45) is 2.93. The molecule has 0 radical (unpaired) electrons. The number of amides is 1. The first-order chi connectivity index (χ1) is 7.02. The van der Waals surface area contributed by atoms with Crippen LogP contribution in [0.15, 0.2) is 5.16 Å². The lowest BCUT2D eigenvalue weighted by molar-refractivity contribution is -0.123. The molecule has 5 nitrogen and oxygen atoms in total. The summed E-state index contributed by atoms with van der Waals surface area (Å²) < 4.78 is 0. The van der Waals surface area contributed by atoms with Crippen molar-refractivity contribution in [1.29, 1.82) is 0 Å². The smallest absolute Gasteiger partial charge is 0.230 e. The number of amidine groups is 1. The second kappa shape index (κ2) is 7.39. The highest BCUT2D eigenvalue weighted by atomic mass is 32.2. The maximum Gasteiger partial charge on any atom is 0.230 e. The van der Waals surface area contributed by atoms with Crippen LogP contribution in [0.5, 0.6) is 0 Å². The zero-order chi connectivity index (χ0) is 11.8. The maximum absolute atomic E-state index is 11.5. The third-order valence-corrected chi connectivity index (χ3v) is 2.74. The van der Waals surface area contributed by atoms with Gasteiger partial charge in [0.2, 0.25) is 5.91 Å². The number of hydrogen-bond acceptors (Lipinski definition) is 4. The summed E-state index contributed by atoms with van der Waals surface area (Å²) in [4.78, 5) is 11.5. The van der Waals surface area contributed by atoms with Gasteiger partial charge in [0.1, 0.15) is 0 Å². The molecule has 1 amide bonds. The average molecular weight is 233 g/mol. The first kappa shape index (κ1) is 14.1. The van der Waals surface area contributed by atoms with Gasteiger partial charge in [-0.3, -0.25) is 4.79 Å². The zero-order valence-electron chi connectivity index (χ0n) is 9.36. The van der Waals surface area contributed by atoms with E-state index in [4.69, 9.17) is 10.9 Å². The van der Waals surface area contributed by atoms with Gasteiger partial charge in [-0.2, -0.15) is 11.8 Å². The Balaban J connectivity index is 4.01. The Hall–Kier alpha value is -0.910. The number of thioether (sulfide) groups is 1. The topological polar surface area (TPSA) is 87.7 Å². The van der Waals surface area contributed by atoms with Crippen molar-refractivity contribution in [2.45, 2.75) is 26.3 Å². The third-order valence-electron chi connectivity index (χ3n) is 2.10. The summed E-state index contributed by atoms with van der Waals surface area (Å²) in [7, 11) is 0. The van der Waals surface area contributed by atoms with Crippen LogP contribution in [0, 0.1) is 5.92 Å². The van der Waals surface area contributed by atoms with Crippen molar-refractivity contribution in [2.75, 3.05) is 12.0 Å². The van der Waals surface area contributed by atoms with Crippen LogP contribution in [-0.2, 0) is 4.79 Å². The van der Waals surface area contributed by atoms with Gasteiger partial charge in [0.05, 0.1) is 5.92 Å². The van der Waals surface area contributed by atoms with Gasteiger partial charge in [-0.25, -0.2) is 0 Å². The van der Waals surface area contributed by atoms with Gasteiger partial charge in [-0.1, -0.05) is 5.16 Å². The van der Waals surface area contributed by atoms with Gasteiger partial charge in [-0.15, -0.1) is 0 Å². The fourth-order valence-electron chi connectivity index (χ4n) is 0.956. The molecule has 15 heavy (non-hydrogen) atoms. The van der Waals surface area contributed by atoms with E-state index in [0.717, 1.165) is 12.2 Å². The molecule has 0 saturated carbocycles. The molecule has 4 N–H and O–H groups in total. The molecule has 88 valence electrons. The number of carbonyl (C=O) groups is 1. The lowest BCUT2D eigenvalue weighted by atomic mass is 10.1. The van der Waals surface area contributed by atoms with E-state index in [1.54, 1.807) is 18.7 Å². The Morgan fingerprint density at radius 1 is 1.60 bits per heavy atom. The van der Waals surface area contributed by atoms with Crippen LogP contribution < -0.4 is 11.1 Å². The lowest BCUT2D eigenvalue weighted by Gasteiger charge is -2.16. The summed E-state index contributed by atoms with van der Waals surface area (Å²) in [5, 5.41) is 14.0. The standard InChI is InChI=1S/C9H19N3O2S/c1-6(4-5-15-3)11-9(13)7(2)8(10)12-14/h6-7,14H,4-5H2,1-3H3,(H2,10,12)(H,11,13). The third kappa shape index (κ3) is 5.51. The van der Waals surface area contributed by atoms with Crippen molar-refractivity contribution in [3.63, 3.8) is 0 Å². The summed E-state index contributed by atoms with van der Waals surface area (Å²) in [5.41, 5.74) is 5.33. The van der Waals surface area contributed by atoms with Crippen molar-refractivity contribution in [3.05, 3.63) is 0 Å². The summed E-state index contributed by atoms with van der Waals surface area (Å²) in [6, 6.07) is 0.110. The Morgan fingerprint density at radius 3 is 2.67 bits per heavy atom. The Bertz CT molecular complexity index is 233. The van der Waals surface area contributed by atoms with Gasteiger partial charge in [0, 0.05) is 6.04 Å². The monoisotopic (exact) mass is 233 g/mol. The van der Waals surface area contributed by atoms with Crippen LogP contribution in [-0.4, -0.2) is 35.0 Å². The summed E-state index contributed by atoms with van der Waals surface area (Å²) >= 11 is 1.74. The SMILES string of the molecule is CSCCC(C)NC(=O)C(C)C(N)=NO. The van der Waals surface area contributed by atoms with Crippen LogP contribution in [0.2, 0.25) is 0 Å². The van der Waals surface area contributed by atoms with E-state index >= 15 is 0 Å². The van der Waals surface area contributed by atoms with E-state index in [2.05, 4.69) is 10.5 Å². The number of hydrogen-bond donors (Lipinski definition) is 3. The molecule has 0 aliphatic rings.